The summed E-state index contributed by atoms with van der Waals surface area (Å²) in [5.41, 5.74) is 4.42. The van der Waals surface area contributed by atoms with Gasteiger partial charge in [-0.15, -0.1) is 0 Å². The van der Waals surface area contributed by atoms with Gasteiger partial charge < -0.3 is 9.47 Å². The van der Waals surface area contributed by atoms with Crippen molar-refractivity contribution in [1.82, 2.24) is 9.47 Å². The lowest BCUT2D eigenvalue weighted by atomic mass is 10.0. The molecule has 1 aromatic heterocycles. The van der Waals surface area contributed by atoms with E-state index in [1.165, 1.54) is 0 Å². The van der Waals surface area contributed by atoms with Gasteiger partial charge in [0.2, 0.25) is 0 Å². The van der Waals surface area contributed by atoms with E-state index in [4.69, 9.17) is 28.0 Å². The average Bonchev–Trinajstić information content (AvgIpc) is 3.23. The van der Waals surface area contributed by atoms with Crippen molar-refractivity contribution in [3.8, 4) is 0 Å². The molecule has 6 nitrogen and oxygen atoms in total. The minimum Gasteiger partial charge on any atom is -0.341 e. The number of benzene rings is 3. The van der Waals surface area contributed by atoms with Crippen LogP contribution < -0.4 is 0 Å². The molecule has 0 bridgehead atoms. The van der Waals surface area contributed by atoms with E-state index in [1.54, 1.807) is 23.1 Å². The number of unbranched alkanes of at least 4 members (excludes halogenated alkanes) is 1. The Morgan fingerprint density at radius 2 is 1.58 bits per heavy atom. The van der Waals surface area contributed by atoms with E-state index in [9.17, 15) is 9.59 Å². The Hall–Kier alpha value is -3.35. The van der Waals surface area contributed by atoms with Gasteiger partial charge in [0.1, 0.15) is 0 Å². The van der Waals surface area contributed by atoms with Gasteiger partial charge in [0, 0.05) is 57.6 Å². The molecule has 3 aromatic carbocycles. The number of carbonyl (C=O) groups excluding carboxylic acids is 2. The van der Waals surface area contributed by atoms with Crippen molar-refractivity contribution in [2.45, 2.75) is 47.1 Å². The number of fused-ring (bicyclic) bond motifs is 3. The normalized spacial score (nSPS) is 11.8. The molecule has 1 amide bonds. The third-order valence-electron chi connectivity index (χ3n) is 6.72. The molecule has 0 saturated carbocycles. The predicted molar refractivity (Wildman–Crippen MR) is 156 cm³/mol. The SMILES string of the molecule is CCCCN(CC)C(=O)ON=C(C)c1ccc2c(c1)c1cc(C(=O)c3ccc(Cl)cc3Cl)ccc1n2CC. The fraction of sp³-hybridized carbons (Fsp3) is 0.300. The molecule has 198 valence electrons. The Labute approximate surface area is 232 Å². The molecule has 0 aliphatic rings. The standard InChI is InChI=1S/C30H31Cl2N3O3/c1-5-8-15-34(6-2)30(37)38-33-19(4)20-9-13-27-24(16-20)25-17-21(10-14-28(25)35(27)7-3)29(36)23-12-11-22(31)18-26(23)32/h9-14,16-18H,5-8,15H2,1-4H3. The molecular weight excluding hydrogens is 521 g/mol. The Balaban J connectivity index is 1.71. The largest absolute Gasteiger partial charge is 0.435 e. The summed E-state index contributed by atoms with van der Waals surface area (Å²) < 4.78 is 2.21. The quantitative estimate of drug-likeness (QED) is 0.0908. The van der Waals surface area contributed by atoms with E-state index in [-0.39, 0.29) is 5.78 Å². The smallest absolute Gasteiger partial charge is 0.341 e. The minimum absolute atomic E-state index is 0.171. The second-order valence-electron chi connectivity index (χ2n) is 9.13. The topological polar surface area (TPSA) is 63.9 Å². The van der Waals surface area contributed by atoms with Crippen molar-refractivity contribution < 1.29 is 14.4 Å². The molecular formula is C30H31Cl2N3O3. The highest BCUT2D eigenvalue weighted by molar-refractivity contribution is 6.37. The van der Waals surface area contributed by atoms with Crippen LogP contribution in [-0.2, 0) is 11.4 Å². The molecule has 0 radical (unpaired) electrons. The number of nitrogens with zero attached hydrogens (tertiary/aromatic N) is 3. The van der Waals surface area contributed by atoms with Gasteiger partial charge >= 0.3 is 6.09 Å². The molecule has 4 rings (SSSR count). The maximum Gasteiger partial charge on any atom is 0.435 e. The molecule has 0 saturated heterocycles. The number of aromatic nitrogens is 1. The molecule has 0 aliphatic carbocycles. The summed E-state index contributed by atoms with van der Waals surface area (Å²) >= 11 is 12.3. The van der Waals surface area contributed by atoms with Crippen LogP contribution in [0, 0.1) is 0 Å². The fourth-order valence-corrected chi connectivity index (χ4v) is 5.08. The number of carbonyl (C=O) groups is 2. The summed E-state index contributed by atoms with van der Waals surface area (Å²) in [6.45, 7) is 9.88. The number of oxime groups is 1. The lowest BCUT2D eigenvalue weighted by molar-refractivity contribution is 0.103. The molecule has 4 aromatic rings. The van der Waals surface area contributed by atoms with Gasteiger partial charge in [-0.3, -0.25) is 9.63 Å². The summed E-state index contributed by atoms with van der Waals surface area (Å²) in [7, 11) is 0. The van der Waals surface area contributed by atoms with Crippen LogP contribution in [-0.4, -0.2) is 40.1 Å². The van der Waals surface area contributed by atoms with E-state index < -0.39 is 6.09 Å². The van der Waals surface area contributed by atoms with Gasteiger partial charge in [0.05, 0.1) is 10.7 Å². The number of aryl methyl sites for hydroxylation is 1. The van der Waals surface area contributed by atoms with Crippen molar-refractivity contribution in [3.05, 3.63) is 81.3 Å². The number of hydrogen-bond donors (Lipinski definition) is 0. The van der Waals surface area contributed by atoms with Crippen LogP contribution in [0.3, 0.4) is 0 Å². The lowest BCUT2D eigenvalue weighted by Crippen LogP contribution is -2.31. The summed E-state index contributed by atoms with van der Waals surface area (Å²) in [5, 5.41) is 6.85. The van der Waals surface area contributed by atoms with Crippen LogP contribution in [0.5, 0.6) is 0 Å². The number of rotatable bonds is 9. The molecule has 0 N–H and O–H groups in total. The Bertz CT molecular complexity index is 1540. The second-order valence-corrected chi connectivity index (χ2v) is 9.97. The first kappa shape index (κ1) is 27.7. The molecule has 38 heavy (non-hydrogen) atoms. The zero-order chi connectivity index (χ0) is 27.4. The van der Waals surface area contributed by atoms with Crippen LogP contribution in [0.1, 0.15) is 62.0 Å². The summed E-state index contributed by atoms with van der Waals surface area (Å²) in [4.78, 5) is 32.6. The molecule has 0 atom stereocenters. The third-order valence-corrected chi connectivity index (χ3v) is 7.27. The van der Waals surface area contributed by atoms with Gasteiger partial charge in [0.25, 0.3) is 0 Å². The van der Waals surface area contributed by atoms with Gasteiger partial charge in [-0.1, -0.05) is 47.8 Å². The number of amides is 1. The van der Waals surface area contributed by atoms with Crippen LogP contribution >= 0.6 is 23.2 Å². The fourth-order valence-electron chi connectivity index (χ4n) is 4.59. The minimum atomic E-state index is -0.451. The average molecular weight is 553 g/mol. The highest BCUT2D eigenvalue weighted by Gasteiger charge is 2.18. The molecule has 0 aliphatic heterocycles. The van der Waals surface area contributed by atoms with Gasteiger partial charge in [-0.05, 0) is 81.3 Å². The maximum absolute atomic E-state index is 13.3. The van der Waals surface area contributed by atoms with E-state index in [0.717, 1.165) is 46.8 Å². The van der Waals surface area contributed by atoms with Gasteiger partial charge in [0.15, 0.2) is 5.78 Å². The Morgan fingerprint density at radius 1 is 0.921 bits per heavy atom. The summed E-state index contributed by atoms with van der Waals surface area (Å²) in [6, 6.07) is 16.6. The van der Waals surface area contributed by atoms with Gasteiger partial charge in [-0.25, -0.2) is 4.79 Å². The first-order valence-electron chi connectivity index (χ1n) is 12.9. The van der Waals surface area contributed by atoms with Crippen molar-refractivity contribution >= 4 is 62.6 Å². The van der Waals surface area contributed by atoms with Crippen LogP contribution in [0.4, 0.5) is 4.79 Å². The van der Waals surface area contributed by atoms with Gasteiger partial charge in [-0.2, -0.15) is 0 Å². The molecule has 0 spiro atoms. The first-order valence-corrected chi connectivity index (χ1v) is 13.6. The van der Waals surface area contributed by atoms with E-state index in [0.29, 0.717) is 40.0 Å². The first-order chi connectivity index (χ1) is 18.3. The van der Waals surface area contributed by atoms with Crippen LogP contribution in [0.15, 0.2) is 59.8 Å². The van der Waals surface area contributed by atoms with Crippen molar-refractivity contribution in [3.63, 3.8) is 0 Å². The molecule has 0 unspecified atom stereocenters. The Morgan fingerprint density at radius 3 is 2.18 bits per heavy atom. The number of halogens is 2. The third kappa shape index (κ3) is 5.57. The molecule has 8 heteroatoms. The molecule has 1 heterocycles. The van der Waals surface area contributed by atoms with E-state index >= 15 is 0 Å². The monoisotopic (exact) mass is 551 g/mol. The zero-order valence-corrected chi connectivity index (χ0v) is 23.6. The second kappa shape index (κ2) is 12.0. The highest BCUT2D eigenvalue weighted by atomic mass is 35.5. The number of hydrogen-bond acceptors (Lipinski definition) is 4. The zero-order valence-electron chi connectivity index (χ0n) is 22.1. The van der Waals surface area contributed by atoms with Crippen molar-refractivity contribution in [1.29, 1.82) is 0 Å². The highest BCUT2D eigenvalue weighted by Crippen LogP contribution is 2.32. The summed E-state index contributed by atoms with van der Waals surface area (Å²) in [5.74, 6) is -0.171. The summed E-state index contributed by atoms with van der Waals surface area (Å²) in [6.07, 6.45) is 1.46. The molecule has 0 fully saturated rings. The Kier molecular flexibility index (Phi) is 8.75. The van der Waals surface area contributed by atoms with Crippen LogP contribution in [0.2, 0.25) is 10.0 Å². The van der Waals surface area contributed by atoms with E-state index in [1.807, 2.05) is 50.2 Å². The van der Waals surface area contributed by atoms with E-state index in [2.05, 4.69) is 23.6 Å². The van der Waals surface area contributed by atoms with Crippen molar-refractivity contribution in [2.24, 2.45) is 5.16 Å². The maximum atomic E-state index is 13.3. The van der Waals surface area contributed by atoms with Crippen molar-refractivity contribution in [2.75, 3.05) is 13.1 Å². The predicted octanol–water partition coefficient (Wildman–Crippen LogP) is 8.33. The van der Waals surface area contributed by atoms with Crippen LogP contribution in [0.25, 0.3) is 21.8 Å². The number of ketones is 1. The lowest BCUT2D eigenvalue weighted by Gasteiger charge is -2.17.